The Morgan fingerprint density at radius 3 is 1.81 bits per heavy atom. The highest BCUT2D eigenvalue weighted by atomic mass is 16.7. The van der Waals surface area contributed by atoms with E-state index in [1.54, 1.807) is 0 Å². The molecule has 0 fully saturated rings. The van der Waals surface area contributed by atoms with E-state index in [9.17, 15) is 14.4 Å². The van der Waals surface area contributed by atoms with Gasteiger partial charge in [0.15, 0.2) is 0 Å². The summed E-state index contributed by atoms with van der Waals surface area (Å²) in [5.74, 6) is -1.71. The van der Waals surface area contributed by atoms with Crippen molar-refractivity contribution in [1.82, 2.24) is 10.8 Å². The number of hydroxylamine groups is 1. The van der Waals surface area contributed by atoms with Crippen molar-refractivity contribution < 1.29 is 19.2 Å². The number of amides is 2. The van der Waals surface area contributed by atoms with Gasteiger partial charge in [0.05, 0.1) is 13.0 Å². The fourth-order valence-electron chi connectivity index (χ4n) is 3.82. The monoisotopic (exact) mass is 487 g/mol. The van der Waals surface area contributed by atoms with Crippen LogP contribution in [0.2, 0.25) is 0 Å². The summed E-state index contributed by atoms with van der Waals surface area (Å²) in [6.45, 7) is -0.256. The average molecular weight is 488 g/mol. The van der Waals surface area contributed by atoms with Crippen LogP contribution in [0.15, 0.2) is 84.9 Å². The molecule has 0 aromatic heterocycles. The summed E-state index contributed by atoms with van der Waals surface area (Å²) < 4.78 is 0. The van der Waals surface area contributed by atoms with E-state index in [0.717, 1.165) is 36.8 Å². The number of rotatable bonds is 12. The molecule has 7 heteroatoms. The Balaban J connectivity index is 1.42. The van der Waals surface area contributed by atoms with Gasteiger partial charge in [0.2, 0.25) is 5.91 Å². The van der Waals surface area contributed by atoms with E-state index in [1.165, 1.54) is 11.1 Å². The number of nitrogens with two attached hydrogens (primary N) is 1. The summed E-state index contributed by atoms with van der Waals surface area (Å²) in [7, 11) is 0. The first-order valence-electron chi connectivity index (χ1n) is 12.2. The molecule has 0 aliphatic rings. The minimum Gasteiger partial charge on any atom is -0.341 e. The lowest BCUT2D eigenvalue weighted by atomic mass is 10.0. The van der Waals surface area contributed by atoms with Crippen LogP contribution in [0.5, 0.6) is 0 Å². The normalized spacial score (nSPS) is 11.4. The number of hydrogen-bond donors (Lipinski definition) is 3. The molecule has 188 valence electrons. The summed E-state index contributed by atoms with van der Waals surface area (Å²) >= 11 is 0. The van der Waals surface area contributed by atoms with Crippen molar-refractivity contribution in [2.24, 2.45) is 5.73 Å². The summed E-state index contributed by atoms with van der Waals surface area (Å²) in [6.07, 6.45) is 4.55. The second kappa shape index (κ2) is 14.4. The predicted octanol–water partition coefficient (Wildman–Crippen LogP) is 3.06. The van der Waals surface area contributed by atoms with Gasteiger partial charge in [-0.05, 0) is 47.9 Å². The third-order valence-electron chi connectivity index (χ3n) is 5.76. The molecule has 36 heavy (non-hydrogen) atoms. The minimum absolute atomic E-state index is 0.0695. The largest absolute Gasteiger partial charge is 0.354 e. The minimum atomic E-state index is -0.968. The molecule has 3 rings (SSSR count). The summed E-state index contributed by atoms with van der Waals surface area (Å²) in [5.41, 5.74) is 11.8. The van der Waals surface area contributed by atoms with Gasteiger partial charge in [0.1, 0.15) is 6.04 Å². The van der Waals surface area contributed by atoms with Crippen molar-refractivity contribution in [1.29, 1.82) is 0 Å². The highest BCUT2D eigenvalue weighted by molar-refractivity contribution is 5.86. The van der Waals surface area contributed by atoms with E-state index in [-0.39, 0.29) is 19.4 Å². The molecule has 0 saturated carbocycles. The Labute approximate surface area is 212 Å². The summed E-state index contributed by atoms with van der Waals surface area (Å²) in [4.78, 5) is 41.6. The maximum absolute atomic E-state index is 12.5. The molecule has 2 amide bonds. The third-order valence-corrected chi connectivity index (χ3v) is 5.76. The van der Waals surface area contributed by atoms with E-state index in [4.69, 9.17) is 10.6 Å². The van der Waals surface area contributed by atoms with Crippen LogP contribution in [0.25, 0.3) is 0 Å². The first-order valence-corrected chi connectivity index (χ1v) is 12.2. The van der Waals surface area contributed by atoms with E-state index in [1.807, 2.05) is 60.7 Å². The number of carbonyl (C=O) groups is 3. The second-order valence-electron chi connectivity index (χ2n) is 8.65. The molecular formula is C29H33N3O4. The van der Waals surface area contributed by atoms with Gasteiger partial charge in [0.25, 0.3) is 5.91 Å². The SMILES string of the molecule is NCC(=O)N[C@@H](Cc1ccccc1)C(=O)ONC(=O)Cc1ccc(CCCCc2ccccc2)cc1. The Bertz CT molecular complexity index is 1100. The van der Waals surface area contributed by atoms with Crippen LogP contribution in [0, 0.1) is 0 Å². The van der Waals surface area contributed by atoms with Crippen LogP contribution in [0.1, 0.15) is 35.1 Å². The Morgan fingerprint density at radius 2 is 1.22 bits per heavy atom. The fourth-order valence-corrected chi connectivity index (χ4v) is 3.82. The van der Waals surface area contributed by atoms with Crippen LogP contribution in [0.3, 0.4) is 0 Å². The number of hydrogen-bond acceptors (Lipinski definition) is 5. The quantitative estimate of drug-likeness (QED) is 0.269. The first-order chi connectivity index (χ1) is 17.5. The van der Waals surface area contributed by atoms with Crippen LogP contribution < -0.4 is 16.5 Å². The number of nitrogens with one attached hydrogen (secondary N) is 2. The summed E-state index contributed by atoms with van der Waals surface area (Å²) in [6, 6.07) is 26.5. The zero-order chi connectivity index (χ0) is 25.6. The second-order valence-corrected chi connectivity index (χ2v) is 8.65. The maximum atomic E-state index is 12.5. The number of unbranched alkanes of at least 4 members (excludes halogenated alkanes) is 1. The van der Waals surface area contributed by atoms with Crippen molar-refractivity contribution in [3.05, 3.63) is 107 Å². The lowest BCUT2D eigenvalue weighted by Crippen LogP contribution is -2.47. The smallest absolute Gasteiger partial charge is 0.341 e. The fraction of sp³-hybridized carbons (Fsp3) is 0.276. The average Bonchev–Trinajstić information content (AvgIpc) is 2.91. The first kappa shape index (κ1) is 26.6. The van der Waals surface area contributed by atoms with Crippen LogP contribution in [-0.2, 0) is 44.9 Å². The molecule has 0 unspecified atom stereocenters. The highest BCUT2D eigenvalue weighted by Gasteiger charge is 2.23. The Hall–Kier alpha value is -3.97. The lowest BCUT2D eigenvalue weighted by Gasteiger charge is -2.17. The van der Waals surface area contributed by atoms with Crippen LogP contribution in [-0.4, -0.2) is 30.4 Å². The lowest BCUT2D eigenvalue weighted by molar-refractivity contribution is -0.160. The topological polar surface area (TPSA) is 111 Å². The molecule has 0 radical (unpaired) electrons. The summed E-state index contributed by atoms with van der Waals surface area (Å²) in [5, 5.41) is 2.53. The van der Waals surface area contributed by atoms with Gasteiger partial charge in [-0.2, -0.15) is 5.48 Å². The van der Waals surface area contributed by atoms with Crippen molar-refractivity contribution in [3.8, 4) is 0 Å². The van der Waals surface area contributed by atoms with Crippen LogP contribution in [0.4, 0.5) is 0 Å². The van der Waals surface area contributed by atoms with Gasteiger partial charge < -0.3 is 15.9 Å². The molecule has 0 aliphatic carbocycles. The zero-order valence-electron chi connectivity index (χ0n) is 20.3. The van der Waals surface area contributed by atoms with Gasteiger partial charge in [0, 0.05) is 6.42 Å². The molecule has 0 spiro atoms. The molecule has 0 heterocycles. The van der Waals surface area contributed by atoms with E-state index >= 15 is 0 Å². The molecule has 4 N–H and O–H groups in total. The van der Waals surface area contributed by atoms with Crippen molar-refractivity contribution in [2.75, 3.05) is 6.54 Å². The molecule has 0 bridgehead atoms. The van der Waals surface area contributed by atoms with Crippen LogP contribution >= 0.6 is 0 Å². The van der Waals surface area contributed by atoms with E-state index in [2.05, 4.69) is 35.1 Å². The van der Waals surface area contributed by atoms with Crippen molar-refractivity contribution in [2.45, 2.75) is 44.6 Å². The molecule has 0 saturated heterocycles. The Morgan fingerprint density at radius 1 is 0.694 bits per heavy atom. The van der Waals surface area contributed by atoms with Gasteiger partial charge in [-0.25, -0.2) is 4.79 Å². The van der Waals surface area contributed by atoms with Crippen molar-refractivity contribution >= 4 is 17.8 Å². The number of benzene rings is 3. The molecule has 1 atom stereocenters. The van der Waals surface area contributed by atoms with Gasteiger partial charge in [-0.3, -0.25) is 9.59 Å². The number of aryl methyl sites for hydroxylation is 2. The predicted molar refractivity (Wildman–Crippen MR) is 139 cm³/mol. The third kappa shape index (κ3) is 9.35. The number of carbonyl (C=O) groups excluding carboxylic acids is 3. The standard InChI is InChI=1S/C29H33N3O4/c30-21-28(34)31-26(19-24-13-5-2-6-14-24)29(35)36-32-27(33)20-25-17-15-23(16-18-25)12-8-7-11-22-9-3-1-4-10-22/h1-6,9-10,13-18,26H,7-8,11-12,19-21,30H2,(H,31,34)(H,32,33)/t26-/m0/s1. The Kier molecular flexibility index (Phi) is 10.7. The van der Waals surface area contributed by atoms with E-state index in [0.29, 0.717) is 0 Å². The molecule has 3 aromatic rings. The molecule has 0 aliphatic heterocycles. The molecule has 7 nitrogen and oxygen atoms in total. The molecular weight excluding hydrogens is 454 g/mol. The zero-order valence-corrected chi connectivity index (χ0v) is 20.3. The van der Waals surface area contributed by atoms with Gasteiger partial charge >= 0.3 is 5.97 Å². The highest BCUT2D eigenvalue weighted by Crippen LogP contribution is 2.11. The molecule has 3 aromatic carbocycles. The van der Waals surface area contributed by atoms with Crippen molar-refractivity contribution in [3.63, 3.8) is 0 Å². The van der Waals surface area contributed by atoms with Gasteiger partial charge in [-0.1, -0.05) is 84.9 Å². The van der Waals surface area contributed by atoms with E-state index < -0.39 is 23.8 Å². The van der Waals surface area contributed by atoms with Gasteiger partial charge in [-0.15, -0.1) is 0 Å². The maximum Gasteiger partial charge on any atom is 0.354 e.